The summed E-state index contributed by atoms with van der Waals surface area (Å²) in [4.78, 5) is 11.0. The zero-order chi connectivity index (χ0) is 11.6. The van der Waals surface area contributed by atoms with Crippen molar-refractivity contribution in [2.45, 2.75) is 35.7 Å². The molecule has 0 rings (SSSR count). The maximum Gasteiger partial charge on any atom is 0.510 e. The van der Waals surface area contributed by atoms with E-state index in [1.54, 1.807) is 20.8 Å². The molecule has 0 aromatic rings. The molecule has 0 saturated heterocycles. The molecule has 1 atom stereocenters. The molecule has 0 bridgehead atoms. The van der Waals surface area contributed by atoms with E-state index in [9.17, 15) is 4.79 Å². The monoisotopic (exact) mass is 281 g/mol. The average molecular weight is 283 g/mol. The molecular formula is C7H10Cl4O3. The highest BCUT2D eigenvalue weighted by Gasteiger charge is 2.35. The molecule has 1 unspecified atom stereocenters. The summed E-state index contributed by atoms with van der Waals surface area (Å²) < 4.78 is 7.40. The average Bonchev–Trinajstić information content (AvgIpc) is 1.79. The first kappa shape index (κ1) is 14.4. The van der Waals surface area contributed by atoms with Crippen LogP contribution in [0.15, 0.2) is 0 Å². The number of carbonyl (C=O) groups excluding carboxylic acids is 1. The fourth-order valence-corrected chi connectivity index (χ4v) is 0.632. The highest BCUT2D eigenvalue weighted by atomic mass is 35.6. The van der Waals surface area contributed by atoms with E-state index in [2.05, 4.69) is 4.74 Å². The molecule has 0 N–H and O–H groups in total. The van der Waals surface area contributed by atoms with E-state index in [1.165, 1.54) is 0 Å². The Morgan fingerprint density at radius 3 is 1.93 bits per heavy atom. The van der Waals surface area contributed by atoms with Crippen molar-refractivity contribution in [1.82, 2.24) is 0 Å². The molecule has 0 saturated carbocycles. The summed E-state index contributed by atoms with van der Waals surface area (Å²) in [5.74, 6) is 0. The number of carbonyl (C=O) groups is 1. The van der Waals surface area contributed by atoms with Crippen LogP contribution in [0.2, 0.25) is 0 Å². The summed E-state index contributed by atoms with van der Waals surface area (Å²) in [7, 11) is 0. The van der Waals surface area contributed by atoms with Crippen molar-refractivity contribution in [3.8, 4) is 0 Å². The molecular weight excluding hydrogens is 273 g/mol. The molecule has 0 aromatic carbocycles. The maximum absolute atomic E-state index is 11.0. The third-order valence-corrected chi connectivity index (χ3v) is 2.19. The van der Waals surface area contributed by atoms with Crippen LogP contribution in [0, 0.1) is 0 Å². The summed E-state index contributed by atoms with van der Waals surface area (Å²) in [6.45, 7) is 5.02. The molecule has 0 radical (unpaired) electrons. The van der Waals surface area contributed by atoms with Crippen LogP contribution in [0.5, 0.6) is 0 Å². The van der Waals surface area contributed by atoms with Gasteiger partial charge in [-0.05, 0) is 20.8 Å². The van der Waals surface area contributed by atoms with Crippen LogP contribution in [0.4, 0.5) is 4.79 Å². The highest BCUT2D eigenvalue weighted by Crippen LogP contribution is 2.34. The quantitative estimate of drug-likeness (QED) is 0.541. The van der Waals surface area contributed by atoms with E-state index in [4.69, 9.17) is 51.1 Å². The highest BCUT2D eigenvalue weighted by molar-refractivity contribution is 6.70. The number of halogens is 4. The van der Waals surface area contributed by atoms with Crippen molar-refractivity contribution in [2.24, 2.45) is 0 Å². The third kappa shape index (κ3) is 6.82. The van der Waals surface area contributed by atoms with Crippen molar-refractivity contribution in [2.75, 3.05) is 0 Å². The fourth-order valence-electron chi connectivity index (χ4n) is 0.425. The lowest BCUT2D eigenvalue weighted by molar-refractivity contribution is -0.0125. The molecule has 84 valence electrons. The normalized spacial score (nSPS) is 14.8. The van der Waals surface area contributed by atoms with Crippen molar-refractivity contribution in [1.29, 1.82) is 0 Å². The van der Waals surface area contributed by atoms with Gasteiger partial charge >= 0.3 is 6.16 Å². The van der Waals surface area contributed by atoms with Gasteiger partial charge in [0.05, 0.1) is 0 Å². The molecule has 0 aliphatic rings. The second-order valence-corrected chi connectivity index (χ2v) is 6.21. The van der Waals surface area contributed by atoms with Gasteiger partial charge in [-0.15, -0.1) is 0 Å². The van der Waals surface area contributed by atoms with Gasteiger partial charge in [-0.2, -0.15) is 0 Å². The lowest BCUT2D eigenvalue weighted by atomic mass is 9.60. The zero-order valence-corrected chi connectivity index (χ0v) is 10.8. The minimum atomic E-state index is -1.88. The van der Waals surface area contributed by atoms with Gasteiger partial charge in [0.15, 0.2) is 0 Å². The van der Waals surface area contributed by atoms with Crippen LogP contribution < -0.4 is 0 Å². The number of hydrogen-bond donors (Lipinski definition) is 0. The van der Waals surface area contributed by atoms with E-state index in [-0.39, 0.29) is 0 Å². The Morgan fingerprint density at radius 1 is 1.21 bits per heavy atom. The molecule has 3 nitrogen and oxygen atoms in total. The first-order valence-corrected chi connectivity index (χ1v) is 5.20. The van der Waals surface area contributed by atoms with Crippen molar-refractivity contribution >= 4 is 52.6 Å². The molecule has 0 fully saturated rings. The molecule has 0 aliphatic heterocycles. The van der Waals surface area contributed by atoms with E-state index in [0.717, 1.165) is 0 Å². The van der Waals surface area contributed by atoms with Gasteiger partial charge in [0, 0.05) is 0 Å². The molecule has 0 heterocycles. The van der Waals surface area contributed by atoms with Crippen LogP contribution in [0.3, 0.4) is 0 Å². The van der Waals surface area contributed by atoms with E-state index < -0.39 is 21.1 Å². The van der Waals surface area contributed by atoms with Crippen LogP contribution in [0.1, 0.15) is 20.8 Å². The maximum atomic E-state index is 11.0. The summed E-state index contributed by atoms with van der Waals surface area (Å²) in [6.07, 6.45) is -0.983. The van der Waals surface area contributed by atoms with E-state index >= 15 is 0 Å². The Labute approximate surface area is 103 Å². The van der Waals surface area contributed by atoms with Gasteiger partial charge in [-0.25, -0.2) is 4.79 Å². The third-order valence-electron chi connectivity index (χ3n) is 0.847. The summed E-state index contributed by atoms with van der Waals surface area (Å²) >= 11 is 21.6. The molecule has 14 heavy (non-hydrogen) atoms. The number of hydrogen-bond acceptors (Lipinski definition) is 3. The number of alkyl halides is 4. The topological polar surface area (TPSA) is 35.5 Å². The Hall–Kier alpha value is 0.430. The van der Waals surface area contributed by atoms with Crippen molar-refractivity contribution in [3.05, 3.63) is 0 Å². The molecule has 0 aliphatic carbocycles. The molecule has 0 amide bonds. The Bertz CT molecular complexity index is 206. The van der Waals surface area contributed by atoms with Gasteiger partial charge in [-0.1, -0.05) is 46.4 Å². The first-order valence-electron chi connectivity index (χ1n) is 3.63. The molecule has 7 heteroatoms. The number of ether oxygens (including phenoxy) is 2. The lowest BCUT2D eigenvalue weighted by Gasteiger charge is -2.22. The Kier molecular flexibility index (Phi) is 5.12. The van der Waals surface area contributed by atoms with Crippen LogP contribution in [-0.4, -0.2) is 21.1 Å². The zero-order valence-electron chi connectivity index (χ0n) is 7.81. The Morgan fingerprint density at radius 2 is 1.64 bits per heavy atom. The van der Waals surface area contributed by atoms with Crippen molar-refractivity contribution in [3.63, 3.8) is 0 Å². The smallest absolute Gasteiger partial charge is 0.429 e. The summed E-state index contributed by atoms with van der Waals surface area (Å²) in [6, 6.07) is 0. The second kappa shape index (κ2) is 4.97. The van der Waals surface area contributed by atoms with Gasteiger partial charge in [0.1, 0.15) is 5.60 Å². The van der Waals surface area contributed by atoms with Gasteiger partial charge in [0.2, 0.25) is 9.36 Å². The predicted octanol–water partition coefficient (Wildman–Crippen LogP) is 3.87. The molecule has 0 aromatic heterocycles. The fraction of sp³-hybridized carbons (Fsp3) is 0.857. The van der Waals surface area contributed by atoms with Crippen LogP contribution in [-0.2, 0) is 9.47 Å². The summed E-state index contributed by atoms with van der Waals surface area (Å²) in [5, 5.41) is 0. The lowest BCUT2D eigenvalue weighted by Crippen LogP contribution is -2.30. The first-order chi connectivity index (χ1) is 6.02. The van der Waals surface area contributed by atoms with Crippen molar-refractivity contribution < 1.29 is 14.3 Å². The standard InChI is InChI=1S/C7H10Cl4O3/c1-6(2,3)14-5(12)13-4(8)7(9,10)11/h4H,1-3H3/i6-1. The number of rotatable bonds is 1. The largest absolute Gasteiger partial charge is 0.510 e. The van der Waals surface area contributed by atoms with Crippen LogP contribution in [0.25, 0.3) is 0 Å². The van der Waals surface area contributed by atoms with Gasteiger partial charge < -0.3 is 9.47 Å². The summed E-state index contributed by atoms with van der Waals surface area (Å²) in [5.41, 5.74) is -2.07. The minimum Gasteiger partial charge on any atom is -0.429 e. The molecule has 0 spiro atoms. The van der Waals surface area contributed by atoms with E-state index in [1.807, 2.05) is 0 Å². The van der Waals surface area contributed by atoms with Crippen LogP contribution >= 0.6 is 46.4 Å². The Balaban J connectivity index is 4.09. The van der Waals surface area contributed by atoms with Gasteiger partial charge in [0.25, 0.3) is 0 Å². The van der Waals surface area contributed by atoms with E-state index in [0.29, 0.717) is 0 Å². The predicted molar refractivity (Wildman–Crippen MR) is 57.3 cm³/mol. The van der Waals surface area contributed by atoms with Gasteiger partial charge in [-0.3, -0.25) is 0 Å². The second-order valence-electron chi connectivity index (χ2n) is 3.44. The minimum absolute atomic E-state index is 0.679. The SMILES string of the molecule is C[11C](C)(C)OC(=O)OC(Cl)C(Cl)(Cl)Cl.